The van der Waals surface area contributed by atoms with Gasteiger partial charge in [-0.15, -0.1) is 0 Å². The van der Waals surface area contributed by atoms with Crippen LogP contribution in [-0.2, 0) is 4.79 Å². The molecule has 4 nitrogen and oxygen atoms in total. The zero-order valence-electron chi connectivity index (χ0n) is 10.8. The highest BCUT2D eigenvalue weighted by molar-refractivity contribution is 5.77. The number of amides is 1. The Morgan fingerprint density at radius 3 is 2.89 bits per heavy atom. The number of hydrogen-bond donors (Lipinski definition) is 1. The van der Waals surface area contributed by atoms with E-state index in [0.29, 0.717) is 17.4 Å². The van der Waals surface area contributed by atoms with E-state index >= 15 is 0 Å². The number of anilines is 1. The van der Waals surface area contributed by atoms with E-state index in [2.05, 4.69) is 0 Å². The number of nitrogen functional groups attached to an aromatic ring is 1. The topological polar surface area (TPSA) is 55.6 Å². The number of likely N-dealkylation sites (N-methyl/N-ethyl adjacent to an activating group) is 1. The number of benzene rings is 1. The second-order valence-electron chi connectivity index (χ2n) is 4.74. The Kier molecular flexibility index (Phi) is 4.07. The van der Waals surface area contributed by atoms with Crippen molar-refractivity contribution >= 4 is 11.6 Å². The molecular weight excluding hydrogens is 228 g/mol. The van der Waals surface area contributed by atoms with Gasteiger partial charge in [-0.25, -0.2) is 0 Å². The minimum atomic E-state index is 0.0480. The van der Waals surface area contributed by atoms with Gasteiger partial charge < -0.3 is 15.4 Å². The molecule has 0 bridgehead atoms. The maximum Gasteiger partial charge on any atom is 0.260 e. The average Bonchev–Trinajstić information content (AvgIpc) is 3.17. The van der Waals surface area contributed by atoms with Gasteiger partial charge in [0.05, 0.1) is 0 Å². The number of carbonyl (C=O) groups is 1. The maximum atomic E-state index is 12.0. The van der Waals surface area contributed by atoms with Crippen LogP contribution in [0.1, 0.15) is 19.8 Å². The van der Waals surface area contributed by atoms with E-state index in [9.17, 15) is 4.79 Å². The van der Waals surface area contributed by atoms with Crippen LogP contribution in [0.2, 0.25) is 0 Å². The molecule has 2 N–H and O–H groups in total. The van der Waals surface area contributed by atoms with Crippen molar-refractivity contribution in [2.75, 3.05) is 25.4 Å². The van der Waals surface area contributed by atoms with Gasteiger partial charge in [0.1, 0.15) is 5.75 Å². The van der Waals surface area contributed by atoms with E-state index < -0.39 is 0 Å². The van der Waals surface area contributed by atoms with Crippen LogP contribution in [-0.4, -0.2) is 30.5 Å². The molecule has 4 heteroatoms. The van der Waals surface area contributed by atoms with Crippen LogP contribution >= 0.6 is 0 Å². The van der Waals surface area contributed by atoms with Gasteiger partial charge in [-0.3, -0.25) is 4.79 Å². The molecule has 1 aromatic carbocycles. The molecule has 1 fully saturated rings. The van der Waals surface area contributed by atoms with Gasteiger partial charge in [-0.05, 0) is 37.8 Å². The summed E-state index contributed by atoms with van der Waals surface area (Å²) < 4.78 is 5.46. The number of nitrogens with two attached hydrogens (primary N) is 1. The zero-order valence-corrected chi connectivity index (χ0v) is 10.8. The van der Waals surface area contributed by atoms with Crippen molar-refractivity contribution in [3.63, 3.8) is 0 Å². The molecule has 1 saturated carbocycles. The standard InChI is InChI=1S/C14H20N2O2/c1-2-16(9-11-6-7-11)14(17)10-18-13-5-3-4-12(15)8-13/h3-5,8,11H,2,6-7,9-10,15H2,1H3. The summed E-state index contributed by atoms with van der Waals surface area (Å²) in [7, 11) is 0. The van der Waals surface area contributed by atoms with E-state index in [4.69, 9.17) is 10.5 Å². The first-order chi connectivity index (χ1) is 8.69. The highest BCUT2D eigenvalue weighted by Gasteiger charge is 2.25. The smallest absolute Gasteiger partial charge is 0.260 e. The van der Waals surface area contributed by atoms with E-state index in [-0.39, 0.29) is 12.5 Å². The lowest BCUT2D eigenvalue weighted by atomic mass is 10.3. The minimum absolute atomic E-state index is 0.0480. The lowest BCUT2D eigenvalue weighted by Crippen LogP contribution is -2.36. The SMILES string of the molecule is CCN(CC1CC1)C(=O)COc1cccc(N)c1. The molecule has 1 aromatic rings. The van der Waals surface area contributed by atoms with E-state index in [0.717, 1.165) is 13.1 Å². The molecule has 0 atom stereocenters. The summed E-state index contributed by atoms with van der Waals surface area (Å²) in [5, 5.41) is 0. The molecule has 1 aliphatic carbocycles. The van der Waals surface area contributed by atoms with Crippen LogP contribution in [0.4, 0.5) is 5.69 Å². The van der Waals surface area contributed by atoms with E-state index in [1.807, 2.05) is 17.9 Å². The van der Waals surface area contributed by atoms with Crippen LogP contribution in [0.5, 0.6) is 5.75 Å². The van der Waals surface area contributed by atoms with Gasteiger partial charge in [0.2, 0.25) is 0 Å². The van der Waals surface area contributed by atoms with Crippen molar-refractivity contribution in [1.82, 2.24) is 4.90 Å². The largest absolute Gasteiger partial charge is 0.484 e. The molecular formula is C14H20N2O2. The molecule has 0 radical (unpaired) electrons. The van der Waals surface area contributed by atoms with Crippen LogP contribution in [0.15, 0.2) is 24.3 Å². The van der Waals surface area contributed by atoms with Gasteiger partial charge in [-0.2, -0.15) is 0 Å². The predicted octanol–water partition coefficient (Wildman–Crippen LogP) is 1.91. The third-order valence-corrected chi connectivity index (χ3v) is 3.13. The van der Waals surface area contributed by atoms with Gasteiger partial charge in [-0.1, -0.05) is 6.07 Å². The molecule has 1 amide bonds. The number of hydrogen-bond acceptors (Lipinski definition) is 3. The molecule has 0 spiro atoms. The average molecular weight is 248 g/mol. The Labute approximate surface area is 108 Å². The van der Waals surface area contributed by atoms with E-state index in [1.165, 1.54) is 12.8 Å². The molecule has 0 unspecified atom stereocenters. The number of rotatable bonds is 6. The second-order valence-corrected chi connectivity index (χ2v) is 4.74. The Hall–Kier alpha value is -1.71. The summed E-state index contributed by atoms with van der Waals surface area (Å²) in [6, 6.07) is 7.14. The summed E-state index contributed by atoms with van der Waals surface area (Å²) in [5.41, 5.74) is 6.29. The van der Waals surface area contributed by atoms with Crippen LogP contribution in [0, 0.1) is 5.92 Å². The first-order valence-electron chi connectivity index (χ1n) is 6.45. The quantitative estimate of drug-likeness (QED) is 0.782. The zero-order chi connectivity index (χ0) is 13.0. The molecule has 2 rings (SSSR count). The van der Waals surface area contributed by atoms with Gasteiger partial charge in [0.25, 0.3) is 5.91 Å². The summed E-state index contributed by atoms with van der Waals surface area (Å²) in [6.45, 7) is 3.70. The first kappa shape index (κ1) is 12.7. The fourth-order valence-corrected chi connectivity index (χ4v) is 1.86. The van der Waals surface area contributed by atoms with Gasteiger partial charge in [0, 0.05) is 24.8 Å². The van der Waals surface area contributed by atoms with Crippen molar-refractivity contribution in [2.45, 2.75) is 19.8 Å². The first-order valence-corrected chi connectivity index (χ1v) is 6.45. The molecule has 18 heavy (non-hydrogen) atoms. The monoisotopic (exact) mass is 248 g/mol. The third-order valence-electron chi connectivity index (χ3n) is 3.13. The minimum Gasteiger partial charge on any atom is -0.484 e. The van der Waals surface area contributed by atoms with Crippen molar-refractivity contribution in [3.05, 3.63) is 24.3 Å². The van der Waals surface area contributed by atoms with Crippen molar-refractivity contribution < 1.29 is 9.53 Å². The lowest BCUT2D eigenvalue weighted by Gasteiger charge is -2.20. The maximum absolute atomic E-state index is 12.0. The highest BCUT2D eigenvalue weighted by Crippen LogP contribution is 2.29. The lowest BCUT2D eigenvalue weighted by molar-refractivity contribution is -0.133. The highest BCUT2D eigenvalue weighted by atomic mass is 16.5. The molecule has 0 aromatic heterocycles. The Morgan fingerprint density at radius 2 is 2.28 bits per heavy atom. The molecule has 1 aliphatic rings. The van der Waals surface area contributed by atoms with Gasteiger partial charge in [0.15, 0.2) is 6.61 Å². The second kappa shape index (κ2) is 5.76. The van der Waals surface area contributed by atoms with Crippen LogP contribution in [0.3, 0.4) is 0 Å². The third kappa shape index (κ3) is 3.65. The number of ether oxygens (including phenoxy) is 1. The van der Waals surface area contributed by atoms with Crippen molar-refractivity contribution in [1.29, 1.82) is 0 Å². The summed E-state index contributed by atoms with van der Waals surface area (Å²) >= 11 is 0. The Bertz CT molecular complexity index is 416. The Balaban J connectivity index is 1.82. The summed E-state index contributed by atoms with van der Waals surface area (Å²) in [4.78, 5) is 13.8. The van der Waals surface area contributed by atoms with Crippen LogP contribution < -0.4 is 10.5 Å². The van der Waals surface area contributed by atoms with Gasteiger partial charge >= 0.3 is 0 Å². The fourth-order valence-electron chi connectivity index (χ4n) is 1.86. The predicted molar refractivity (Wildman–Crippen MR) is 71.3 cm³/mol. The van der Waals surface area contributed by atoms with E-state index in [1.54, 1.807) is 18.2 Å². The normalized spacial score (nSPS) is 14.3. The number of nitrogens with zero attached hydrogens (tertiary/aromatic N) is 1. The number of carbonyl (C=O) groups excluding carboxylic acids is 1. The summed E-state index contributed by atoms with van der Waals surface area (Å²) in [6.07, 6.45) is 2.50. The van der Waals surface area contributed by atoms with Crippen LogP contribution in [0.25, 0.3) is 0 Å². The Morgan fingerprint density at radius 1 is 1.50 bits per heavy atom. The molecule has 0 saturated heterocycles. The van der Waals surface area contributed by atoms with Crippen molar-refractivity contribution in [3.8, 4) is 5.75 Å². The fraction of sp³-hybridized carbons (Fsp3) is 0.500. The van der Waals surface area contributed by atoms with Crippen molar-refractivity contribution in [2.24, 2.45) is 5.92 Å². The molecule has 0 aliphatic heterocycles. The molecule has 0 heterocycles. The molecule has 98 valence electrons. The summed E-state index contributed by atoms with van der Waals surface area (Å²) in [5.74, 6) is 1.40.